The van der Waals surface area contributed by atoms with E-state index in [1.807, 2.05) is 6.92 Å². The van der Waals surface area contributed by atoms with Gasteiger partial charge in [-0.05, 0) is 43.7 Å². The molecule has 0 saturated carbocycles. The standard InChI is InChI=1S/C18H15F2N3O3/c1-10-5-6-21-16(7-10)22-18(24)17-13(11(2)26-23-17)9-25-15-4-3-12(19)8-14(15)20/h3-8H,9H2,1-2H3,(H,21,22,24). The minimum atomic E-state index is -0.839. The number of carbonyl (C=O) groups excluding carboxylic acids is 1. The molecule has 2 heterocycles. The van der Waals surface area contributed by atoms with E-state index >= 15 is 0 Å². The molecular weight excluding hydrogens is 344 g/mol. The van der Waals surface area contributed by atoms with Crippen LogP contribution in [0, 0.1) is 25.5 Å². The smallest absolute Gasteiger partial charge is 0.279 e. The lowest BCUT2D eigenvalue weighted by molar-refractivity contribution is 0.101. The Hall–Kier alpha value is -3.29. The van der Waals surface area contributed by atoms with Crippen LogP contribution in [0.2, 0.25) is 0 Å². The number of anilines is 1. The maximum absolute atomic E-state index is 13.7. The topological polar surface area (TPSA) is 77.3 Å². The number of halogens is 2. The molecule has 0 aliphatic rings. The fourth-order valence-electron chi connectivity index (χ4n) is 2.26. The van der Waals surface area contributed by atoms with Crippen LogP contribution in [-0.2, 0) is 6.61 Å². The molecular formula is C18H15F2N3O3. The summed E-state index contributed by atoms with van der Waals surface area (Å²) in [6.45, 7) is 3.31. The summed E-state index contributed by atoms with van der Waals surface area (Å²) in [7, 11) is 0. The first kappa shape index (κ1) is 17.5. The van der Waals surface area contributed by atoms with Gasteiger partial charge in [0.2, 0.25) is 0 Å². The molecule has 26 heavy (non-hydrogen) atoms. The highest BCUT2D eigenvalue weighted by atomic mass is 19.1. The second kappa shape index (κ2) is 7.30. The van der Waals surface area contributed by atoms with E-state index < -0.39 is 17.5 Å². The number of aryl methyl sites for hydroxylation is 2. The summed E-state index contributed by atoms with van der Waals surface area (Å²) in [6, 6.07) is 6.47. The SMILES string of the molecule is Cc1ccnc(NC(=O)c2noc(C)c2COc2ccc(F)cc2F)c1. The van der Waals surface area contributed by atoms with Gasteiger partial charge in [0.25, 0.3) is 5.91 Å². The summed E-state index contributed by atoms with van der Waals surface area (Å²) in [5.41, 5.74) is 1.30. The van der Waals surface area contributed by atoms with E-state index in [-0.39, 0.29) is 18.1 Å². The van der Waals surface area contributed by atoms with E-state index in [1.54, 1.807) is 25.3 Å². The Morgan fingerprint density at radius 1 is 1.23 bits per heavy atom. The molecule has 0 atom stereocenters. The Bertz CT molecular complexity index is 957. The van der Waals surface area contributed by atoms with Crippen molar-refractivity contribution in [2.75, 3.05) is 5.32 Å². The molecule has 0 unspecified atom stereocenters. The molecule has 0 fully saturated rings. The molecule has 3 aromatic rings. The van der Waals surface area contributed by atoms with E-state index in [0.29, 0.717) is 23.2 Å². The molecule has 1 N–H and O–H groups in total. The molecule has 0 aliphatic heterocycles. The summed E-state index contributed by atoms with van der Waals surface area (Å²) < 4.78 is 37.0. The molecule has 3 rings (SSSR count). The van der Waals surface area contributed by atoms with Crippen LogP contribution in [0.25, 0.3) is 0 Å². The van der Waals surface area contributed by atoms with E-state index in [0.717, 1.165) is 11.6 Å². The molecule has 0 radical (unpaired) electrons. The molecule has 2 aromatic heterocycles. The van der Waals surface area contributed by atoms with Crippen LogP contribution in [0.15, 0.2) is 41.1 Å². The highest BCUT2D eigenvalue weighted by Gasteiger charge is 2.21. The number of amides is 1. The zero-order valence-corrected chi connectivity index (χ0v) is 14.0. The lowest BCUT2D eigenvalue weighted by Gasteiger charge is -2.08. The van der Waals surface area contributed by atoms with Crippen molar-refractivity contribution in [1.82, 2.24) is 10.1 Å². The van der Waals surface area contributed by atoms with Gasteiger partial charge in [0.1, 0.15) is 24.0 Å². The van der Waals surface area contributed by atoms with Crippen molar-refractivity contribution in [3.63, 3.8) is 0 Å². The molecule has 8 heteroatoms. The van der Waals surface area contributed by atoms with Crippen LogP contribution in [0.5, 0.6) is 5.75 Å². The van der Waals surface area contributed by atoms with Gasteiger partial charge in [-0.15, -0.1) is 0 Å². The average molecular weight is 359 g/mol. The maximum atomic E-state index is 13.7. The number of carbonyl (C=O) groups is 1. The molecule has 0 aliphatic carbocycles. The normalized spacial score (nSPS) is 10.6. The first-order chi connectivity index (χ1) is 12.4. The van der Waals surface area contributed by atoms with Crippen molar-refractivity contribution in [1.29, 1.82) is 0 Å². The summed E-state index contributed by atoms with van der Waals surface area (Å²) in [5, 5.41) is 6.35. The minimum absolute atomic E-state index is 0.00771. The number of nitrogens with zero attached hydrogens (tertiary/aromatic N) is 2. The first-order valence-electron chi connectivity index (χ1n) is 7.71. The van der Waals surface area contributed by atoms with Crippen molar-refractivity contribution in [2.24, 2.45) is 0 Å². The molecule has 1 aromatic carbocycles. The van der Waals surface area contributed by atoms with Crippen molar-refractivity contribution in [2.45, 2.75) is 20.5 Å². The molecule has 0 bridgehead atoms. The summed E-state index contributed by atoms with van der Waals surface area (Å²) in [6.07, 6.45) is 1.57. The van der Waals surface area contributed by atoms with Gasteiger partial charge >= 0.3 is 0 Å². The average Bonchev–Trinajstić information content (AvgIpc) is 2.95. The fourth-order valence-corrected chi connectivity index (χ4v) is 2.26. The van der Waals surface area contributed by atoms with Gasteiger partial charge < -0.3 is 14.6 Å². The molecule has 0 saturated heterocycles. The maximum Gasteiger partial charge on any atom is 0.279 e. The van der Waals surface area contributed by atoms with E-state index in [1.165, 1.54) is 6.07 Å². The van der Waals surface area contributed by atoms with Gasteiger partial charge in [-0.25, -0.2) is 13.8 Å². The Morgan fingerprint density at radius 3 is 2.77 bits per heavy atom. The molecule has 0 spiro atoms. The number of rotatable bonds is 5. The third-order valence-electron chi connectivity index (χ3n) is 3.62. The Morgan fingerprint density at radius 2 is 2.04 bits per heavy atom. The lowest BCUT2D eigenvalue weighted by atomic mass is 10.2. The highest BCUT2D eigenvalue weighted by Crippen LogP contribution is 2.22. The van der Waals surface area contributed by atoms with Crippen LogP contribution in [0.4, 0.5) is 14.6 Å². The van der Waals surface area contributed by atoms with E-state index in [9.17, 15) is 13.6 Å². The second-order valence-electron chi connectivity index (χ2n) is 5.60. The predicted octanol–water partition coefficient (Wildman–Crippen LogP) is 3.80. The van der Waals surface area contributed by atoms with Crippen LogP contribution in [0.1, 0.15) is 27.4 Å². The number of benzene rings is 1. The van der Waals surface area contributed by atoms with Crippen LogP contribution < -0.4 is 10.1 Å². The van der Waals surface area contributed by atoms with Crippen molar-refractivity contribution >= 4 is 11.7 Å². The number of nitrogens with one attached hydrogen (secondary N) is 1. The first-order valence-corrected chi connectivity index (χ1v) is 7.71. The van der Waals surface area contributed by atoms with E-state index in [4.69, 9.17) is 9.26 Å². The largest absolute Gasteiger partial charge is 0.486 e. The number of aromatic nitrogens is 2. The number of hydrogen-bond donors (Lipinski definition) is 1. The Labute approximate surface area is 147 Å². The second-order valence-corrected chi connectivity index (χ2v) is 5.60. The number of pyridine rings is 1. The summed E-state index contributed by atoms with van der Waals surface area (Å²) in [5.74, 6) is -1.49. The summed E-state index contributed by atoms with van der Waals surface area (Å²) >= 11 is 0. The van der Waals surface area contributed by atoms with Crippen molar-refractivity contribution in [3.05, 3.63) is 70.7 Å². The van der Waals surface area contributed by atoms with Gasteiger partial charge in [-0.1, -0.05) is 5.16 Å². The summed E-state index contributed by atoms with van der Waals surface area (Å²) in [4.78, 5) is 16.5. The number of hydrogen-bond acceptors (Lipinski definition) is 5. The van der Waals surface area contributed by atoms with Gasteiger partial charge in [0.15, 0.2) is 17.3 Å². The van der Waals surface area contributed by atoms with Crippen molar-refractivity contribution in [3.8, 4) is 5.75 Å². The van der Waals surface area contributed by atoms with Gasteiger partial charge in [0.05, 0.1) is 5.56 Å². The number of ether oxygens (including phenoxy) is 1. The minimum Gasteiger partial charge on any atom is -0.486 e. The monoisotopic (exact) mass is 359 g/mol. The third kappa shape index (κ3) is 3.85. The van der Waals surface area contributed by atoms with Crippen LogP contribution in [-0.4, -0.2) is 16.0 Å². The molecule has 6 nitrogen and oxygen atoms in total. The van der Waals surface area contributed by atoms with Gasteiger partial charge in [-0.3, -0.25) is 4.79 Å². The van der Waals surface area contributed by atoms with Gasteiger partial charge in [-0.2, -0.15) is 0 Å². The zero-order chi connectivity index (χ0) is 18.7. The Kier molecular flexibility index (Phi) is 4.92. The lowest BCUT2D eigenvalue weighted by Crippen LogP contribution is -2.16. The van der Waals surface area contributed by atoms with Gasteiger partial charge in [0, 0.05) is 12.3 Å². The zero-order valence-electron chi connectivity index (χ0n) is 14.0. The molecule has 134 valence electrons. The van der Waals surface area contributed by atoms with Crippen LogP contribution in [0.3, 0.4) is 0 Å². The molecule has 1 amide bonds. The predicted molar refractivity (Wildman–Crippen MR) is 88.9 cm³/mol. The highest BCUT2D eigenvalue weighted by molar-refractivity contribution is 6.03. The Balaban J connectivity index is 1.76. The third-order valence-corrected chi connectivity index (χ3v) is 3.62. The van der Waals surface area contributed by atoms with E-state index in [2.05, 4.69) is 15.5 Å². The van der Waals surface area contributed by atoms with Crippen molar-refractivity contribution < 1.29 is 22.8 Å². The quantitative estimate of drug-likeness (QED) is 0.750. The fraction of sp³-hybridized carbons (Fsp3) is 0.167. The van der Waals surface area contributed by atoms with Crippen LogP contribution >= 0.6 is 0 Å².